The highest BCUT2D eigenvalue weighted by molar-refractivity contribution is 6.16. The monoisotopic (exact) mass is 533 g/mol. The number of hydrogen-bond donors (Lipinski definition) is 0. The van der Waals surface area contributed by atoms with Gasteiger partial charge in [-0.15, -0.1) is 0 Å². The lowest BCUT2D eigenvalue weighted by Gasteiger charge is -2.12. The van der Waals surface area contributed by atoms with Crippen LogP contribution < -0.4 is 0 Å². The van der Waals surface area contributed by atoms with Crippen LogP contribution in [-0.4, -0.2) is 14.1 Å². The van der Waals surface area contributed by atoms with Crippen molar-refractivity contribution >= 4 is 54.4 Å². The van der Waals surface area contributed by atoms with E-state index in [1.54, 1.807) is 0 Å². The summed E-state index contributed by atoms with van der Waals surface area (Å²) in [5.74, 6) is 0. The van der Waals surface area contributed by atoms with Crippen molar-refractivity contribution in [1.82, 2.24) is 14.1 Å². The molecule has 0 N–H and O–H groups in total. The molecule has 0 bridgehead atoms. The van der Waals surface area contributed by atoms with Crippen molar-refractivity contribution in [2.75, 3.05) is 0 Å². The second kappa shape index (κ2) is 7.96. The molecular weight excluding hydrogens is 510 g/mol. The van der Waals surface area contributed by atoms with E-state index in [0.717, 1.165) is 5.69 Å². The first-order valence-corrected chi connectivity index (χ1v) is 14.4. The van der Waals surface area contributed by atoms with E-state index in [2.05, 4.69) is 143 Å². The zero-order valence-corrected chi connectivity index (χ0v) is 22.6. The first-order valence-electron chi connectivity index (χ1n) is 14.4. The molecule has 3 heterocycles. The fourth-order valence-corrected chi connectivity index (χ4v) is 7.35. The summed E-state index contributed by atoms with van der Waals surface area (Å²) in [5.41, 5.74) is 12.0. The third-order valence-corrected chi connectivity index (χ3v) is 9.07. The standard InChI is InChI=1S/C39H23N3/c1-2-13-31-27(9-1)33-23-26(21-24-19-20-40-39(31)38(24)33)42-36-16-8-5-12-30(36)32-22-25(17-18-37(32)42)41-34-14-6-3-10-28(34)29-11-4-7-15-35(29)41/h1-23H. The van der Waals surface area contributed by atoms with Gasteiger partial charge in [0, 0.05) is 50.1 Å². The molecular formula is C39H23N3. The molecule has 0 saturated heterocycles. The molecule has 0 atom stereocenters. The highest BCUT2D eigenvalue weighted by Crippen LogP contribution is 2.47. The predicted octanol–water partition coefficient (Wildman–Crippen LogP) is 10.1. The van der Waals surface area contributed by atoms with E-state index in [-0.39, 0.29) is 0 Å². The van der Waals surface area contributed by atoms with Crippen molar-refractivity contribution < 1.29 is 0 Å². The minimum absolute atomic E-state index is 1.09. The number of benzene rings is 6. The van der Waals surface area contributed by atoms with Crippen molar-refractivity contribution in [1.29, 1.82) is 0 Å². The highest BCUT2D eigenvalue weighted by Gasteiger charge is 2.24. The lowest BCUT2D eigenvalue weighted by atomic mass is 10.0. The summed E-state index contributed by atoms with van der Waals surface area (Å²) in [6.45, 7) is 0. The Morgan fingerprint density at radius 1 is 0.405 bits per heavy atom. The van der Waals surface area contributed by atoms with Crippen molar-refractivity contribution in [3.05, 3.63) is 140 Å². The van der Waals surface area contributed by atoms with Gasteiger partial charge in [-0.3, -0.25) is 4.98 Å². The number of para-hydroxylation sites is 3. The third kappa shape index (κ3) is 2.77. The van der Waals surface area contributed by atoms with Crippen LogP contribution in [0.5, 0.6) is 0 Å². The van der Waals surface area contributed by atoms with Crippen LogP contribution in [0.1, 0.15) is 0 Å². The Hall–Kier alpha value is -5.67. The van der Waals surface area contributed by atoms with E-state index in [9.17, 15) is 0 Å². The average Bonchev–Trinajstić information content (AvgIpc) is 3.68. The van der Waals surface area contributed by atoms with Gasteiger partial charge in [0.05, 0.1) is 27.8 Å². The molecule has 194 valence electrons. The van der Waals surface area contributed by atoms with Gasteiger partial charge in [0.2, 0.25) is 0 Å². The minimum atomic E-state index is 1.09. The van der Waals surface area contributed by atoms with Crippen molar-refractivity contribution in [3.8, 4) is 33.8 Å². The number of hydrogen-bond acceptors (Lipinski definition) is 1. The first kappa shape index (κ1) is 22.1. The zero-order chi connectivity index (χ0) is 27.4. The van der Waals surface area contributed by atoms with Crippen LogP contribution in [0, 0.1) is 0 Å². The number of rotatable bonds is 2. The molecule has 0 spiro atoms. The maximum atomic E-state index is 4.78. The summed E-state index contributed by atoms with van der Waals surface area (Å²) in [5, 5.41) is 7.52. The summed E-state index contributed by atoms with van der Waals surface area (Å²) >= 11 is 0. The molecule has 9 aromatic rings. The summed E-state index contributed by atoms with van der Waals surface area (Å²) < 4.78 is 4.83. The quantitative estimate of drug-likeness (QED) is 0.217. The Kier molecular flexibility index (Phi) is 4.18. The lowest BCUT2D eigenvalue weighted by molar-refractivity contribution is 1.17. The van der Waals surface area contributed by atoms with Gasteiger partial charge in [-0.1, -0.05) is 78.9 Å². The smallest absolute Gasteiger partial charge is 0.0792 e. The van der Waals surface area contributed by atoms with E-state index < -0.39 is 0 Å². The molecule has 0 aliphatic heterocycles. The van der Waals surface area contributed by atoms with Crippen LogP contribution >= 0.6 is 0 Å². The number of fused-ring (bicyclic) bond motifs is 9. The Balaban J connectivity index is 1.27. The van der Waals surface area contributed by atoms with E-state index in [0.29, 0.717) is 0 Å². The van der Waals surface area contributed by atoms with Gasteiger partial charge in [-0.25, -0.2) is 0 Å². The van der Waals surface area contributed by atoms with Crippen LogP contribution in [0.3, 0.4) is 0 Å². The summed E-state index contributed by atoms with van der Waals surface area (Å²) in [4.78, 5) is 4.78. The van der Waals surface area contributed by atoms with Gasteiger partial charge in [0.1, 0.15) is 0 Å². The van der Waals surface area contributed by atoms with Gasteiger partial charge in [-0.2, -0.15) is 0 Å². The molecule has 1 aliphatic rings. The Morgan fingerprint density at radius 3 is 1.69 bits per heavy atom. The molecule has 0 saturated carbocycles. The van der Waals surface area contributed by atoms with Gasteiger partial charge >= 0.3 is 0 Å². The largest absolute Gasteiger partial charge is 0.309 e. The zero-order valence-electron chi connectivity index (χ0n) is 22.6. The minimum Gasteiger partial charge on any atom is -0.309 e. The van der Waals surface area contributed by atoms with E-state index in [1.165, 1.54) is 82.4 Å². The molecule has 42 heavy (non-hydrogen) atoms. The lowest BCUT2D eigenvalue weighted by Crippen LogP contribution is -1.96. The average molecular weight is 534 g/mol. The van der Waals surface area contributed by atoms with Gasteiger partial charge < -0.3 is 9.13 Å². The number of aromatic nitrogens is 3. The summed E-state index contributed by atoms with van der Waals surface area (Å²) in [6.07, 6.45) is 1.94. The fourth-order valence-electron chi connectivity index (χ4n) is 7.35. The summed E-state index contributed by atoms with van der Waals surface area (Å²) in [7, 11) is 0. The number of pyridine rings is 1. The molecule has 3 nitrogen and oxygen atoms in total. The molecule has 6 aromatic carbocycles. The number of nitrogens with zero attached hydrogens (tertiary/aromatic N) is 3. The Bertz CT molecular complexity index is 2530. The van der Waals surface area contributed by atoms with Crippen LogP contribution in [0.4, 0.5) is 0 Å². The second-order valence-corrected chi connectivity index (χ2v) is 11.2. The van der Waals surface area contributed by atoms with Crippen molar-refractivity contribution in [2.24, 2.45) is 0 Å². The fraction of sp³-hybridized carbons (Fsp3) is 0. The third-order valence-electron chi connectivity index (χ3n) is 9.07. The molecule has 0 amide bonds. The first-order chi connectivity index (χ1) is 20.8. The molecule has 10 rings (SSSR count). The molecule has 1 aliphatic carbocycles. The van der Waals surface area contributed by atoms with E-state index in [4.69, 9.17) is 4.98 Å². The highest BCUT2D eigenvalue weighted by atomic mass is 15.0. The normalized spacial score (nSPS) is 12.3. The Labute approximate surface area is 241 Å². The van der Waals surface area contributed by atoms with E-state index >= 15 is 0 Å². The second-order valence-electron chi connectivity index (χ2n) is 11.2. The molecule has 3 aromatic heterocycles. The molecule has 0 fully saturated rings. The van der Waals surface area contributed by atoms with Gasteiger partial charge in [0.25, 0.3) is 0 Å². The van der Waals surface area contributed by atoms with Crippen LogP contribution in [0.25, 0.3) is 88.1 Å². The Morgan fingerprint density at radius 2 is 0.976 bits per heavy atom. The molecule has 3 heteroatoms. The summed E-state index contributed by atoms with van der Waals surface area (Å²) in [6, 6.07) is 48.6. The maximum Gasteiger partial charge on any atom is 0.0792 e. The van der Waals surface area contributed by atoms with Gasteiger partial charge in [0.15, 0.2) is 0 Å². The molecule has 0 unspecified atom stereocenters. The van der Waals surface area contributed by atoms with Crippen LogP contribution in [-0.2, 0) is 0 Å². The van der Waals surface area contributed by atoms with Crippen molar-refractivity contribution in [3.63, 3.8) is 0 Å². The molecule has 0 radical (unpaired) electrons. The van der Waals surface area contributed by atoms with Crippen LogP contribution in [0.15, 0.2) is 140 Å². The van der Waals surface area contributed by atoms with Crippen molar-refractivity contribution in [2.45, 2.75) is 0 Å². The van der Waals surface area contributed by atoms with Crippen LogP contribution in [0.2, 0.25) is 0 Å². The SMILES string of the molecule is c1ccc2c(c1)-c1cc(-n3c4ccccc4c4cc(-n5c6ccccc6c6ccccc65)ccc43)cc3ccnc-2c13. The van der Waals surface area contributed by atoms with Gasteiger partial charge in [-0.05, 0) is 71.1 Å². The van der Waals surface area contributed by atoms with E-state index in [1.807, 2.05) is 6.20 Å². The maximum absolute atomic E-state index is 4.78. The predicted molar refractivity (Wildman–Crippen MR) is 175 cm³/mol. The topological polar surface area (TPSA) is 22.8 Å².